The van der Waals surface area contributed by atoms with Crippen LogP contribution in [-0.4, -0.2) is 23.4 Å². The first kappa shape index (κ1) is 17.3. The molecule has 1 aromatic heterocycles. The monoisotopic (exact) mass is 328 g/mol. The van der Waals surface area contributed by atoms with E-state index < -0.39 is 11.8 Å². The fraction of sp³-hybridized carbons (Fsp3) is 0.235. The van der Waals surface area contributed by atoms with Crippen LogP contribution in [0.3, 0.4) is 0 Å². The first-order valence-electron chi connectivity index (χ1n) is 7.61. The summed E-state index contributed by atoms with van der Waals surface area (Å²) in [7, 11) is 0. The fourth-order valence-corrected chi connectivity index (χ4v) is 2.00. The largest absolute Gasteiger partial charge is 0.494 e. The van der Waals surface area contributed by atoms with Gasteiger partial charge in [-0.1, -0.05) is 19.4 Å². The van der Waals surface area contributed by atoms with E-state index in [9.17, 15) is 9.59 Å². The quantitative estimate of drug-likeness (QED) is 0.673. The van der Waals surface area contributed by atoms with Crippen LogP contribution in [-0.2, 0) is 0 Å². The van der Waals surface area contributed by atoms with Crippen molar-refractivity contribution in [3.05, 3.63) is 47.5 Å². The number of pyridine rings is 1. The smallest absolute Gasteiger partial charge is 0.256 e. The number of hydrogen-bond acceptors (Lipinski definition) is 5. The van der Waals surface area contributed by atoms with E-state index in [-0.39, 0.29) is 11.1 Å². The minimum atomic E-state index is -0.632. The standard InChI is InChI=1S/C17H20N4O3/c1-2-3-7-24-13-9-11(16(19)22)8-12(10-13)17(23)21-15-6-4-5-14(18)20-15/h4-6,8-10H,2-3,7H2,1H3,(H2,19,22)(H3,18,20,21,23). The molecule has 0 radical (unpaired) electrons. The summed E-state index contributed by atoms with van der Waals surface area (Å²) >= 11 is 0. The number of nitrogens with two attached hydrogens (primary N) is 2. The molecule has 0 aliphatic carbocycles. The number of anilines is 2. The zero-order valence-corrected chi connectivity index (χ0v) is 13.4. The average Bonchev–Trinajstić information content (AvgIpc) is 2.55. The summed E-state index contributed by atoms with van der Waals surface area (Å²) in [5.41, 5.74) is 11.4. The minimum absolute atomic E-state index is 0.203. The van der Waals surface area contributed by atoms with Crippen LogP contribution in [0.2, 0.25) is 0 Å². The number of hydrogen-bond donors (Lipinski definition) is 3. The molecule has 0 aliphatic heterocycles. The lowest BCUT2D eigenvalue weighted by Crippen LogP contribution is -2.16. The Morgan fingerprint density at radius 1 is 1.21 bits per heavy atom. The molecule has 126 valence electrons. The summed E-state index contributed by atoms with van der Waals surface area (Å²) in [5, 5.41) is 2.62. The summed E-state index contributed by atoms with van der Waals surface area (Å²) in [6, 6.07) is 9.40. The van der Waals surface area contributed by atoms with Gasteiger partial charge in [-0.15, -0.1) is 0 Å². The number of carbonyl (C=O) groups excluding carboxylic acids is 2. The topological polar surface area (TPSA) is 120 Å². The van der Waals surface area contributed by atoms with Crippen molar-refractivity contribution in [2.75, 3.05) is 17.7 Å². The number of unbranched alkanes of at least 4 members (excludes halogenated alkanes) is 1. The van der Waals surface area contributed by atoms with Crippen molar-refractivity contribution in [3.8, 4) is 5.75 Å². The predicted molar refractivity (Wildman–Crippen MR) is 92.0 cm³/mol. The van der Waals surface area contributed by atoms with Crippen LogP contribution in [0.4, 0.5) is 11.6 Å². The van der Waals surface area contributed by atoms with Gasteiger partial charge in [0.25, 0.3) is 5.91 Å². The molecule has 1 aromatic carbocycles. The van der Waals surface area contributed by atoms with E-state index in [0.717, 1.165) is 12.8 Å². The molecule has 0 unspecified atom stereocenters. The molecule has 0 saturated carbocycles. The van der Waals surface area contributed by atoms with Gasteiger partial charge in [0.05, 0.1) is 6.61 Å². The number of aromatic nitrogens is 1. The second kappa shape index (κ2) is 7.96. The molecule has 2 aromatic rings. The van der Waals surface area contributed by atoms with Gasteiger partial charge in [-0.3, -0.25) is 9.59 Å². The molecule has 0 spiro atoms. The van der Waals surface area contributed by atoms with Crippen molar-refractivity contribution in [1.82, 2.24) is 4.98 Å². The summed E-state index contributed by atoms with van der Waals surface area (Å²) in [6.07, 6.45) is 1.85. The Kier molecular flexibility index (Phi) is 5.73. The molecule has 2 amide bonds. The molecule has 7 nitrogen and oxygen atoms in total. The van der Waals surface area contributed by atoms with E-state index in [0.29, 0.717) is 24.0 Å². The summed E-state index contributed by atoms with van der Waals surface area (Å²) < 4.78 is 5.57. The highest BCUT2D eigenvalue weighted by Gasteiger charge is 2.13. The van der Waals surface area contributed by atoms with E-state index in [4.69, 9.17) is 16.2 Å². The SMILES string of the molecule is CCCCOc1cc(C(N)=O)cc(C(=O)Nc2cccc(N)n2)c1. The zero-order chi connectivity index (χ0) is 17.5. The van der Waals surface area contributed by atoms with Crippen LogP contribution in [0, 0.1) is 0 Å². The number of nitrogens with one attached hydrogen (secondary N) is 1. The lowest BCUT2D eigenvalue weighted by molar-refractivity contribution is 0.0999. The maximum atomic E-state index is 12.4. The Morgan fingerprint density at radius 3 is 2.62 bits per heavy atom. The van der Waals surface area contributed by atoms with Crippen LogP contribution >= 0.6 is 0 Å². The van der Waals surface area contributed by atoms with Gasteiger partial charge < -0.3 is 21.5 Å². The van der Waals surface area contributed by atoms with Crippen LogP contribution in [0.15, 0.2) is 36.4 Å². The number of amides is 2. The van der Waals surface area contributed by atoms with Gasteiger partial charge in [-0.2, -0.15) is 0 Å². The molecular weight excluding hydrogens is 308 g/mol. The highest BCUT2D eigenvalue weighted by atomic mass is 16.5. The first-order valence-corrected chi connectivity index (χ1v) is 7.61. The van der Waals surface area contributed by atoms with Crippen molar-refractivity contribution in [1.29, 1.82) is 0 Å². The number of carbonyl (C=O) groups is 2. The van der Waals surface area contributed by atoms with Gasteiger partial charge >= 0.3 is 0 Å². The predicted octanol–water partition coefficient (Wildman–Crippen LogP) is 2.19. The van der Waals surface area contributed by atoms with E-state index in [1.807, 2.05) is 6.92 Å². The number of ether oxygens (including phenoxy) is 1. The molecule has 1 heterocycles. The number of primary amides is 1. The van der Waals surface area contributed by atoms with Crippen molar-refractivity contribution in [3.63, 3.8) is 0 Å². The summed E-state index contributed by atoms with van der Waals surface area (Å²) in [5.74, 6) is -0.0331. The molecule has 0 saturated heterocycles. The highest BCUT2D eigenvalue weighted by molar-refractivity contribution is 6.06. The van der Waals surface area contributed by atoms with Crippen LogP contribution in [0.25, 0.3) is 0 Å². The van der Waals surface area contributed by atoms with Gasteiger partial charge in [-0.25, -0.2) is 4.98 Å². The van der Waals surface area contributed by atoms with Crippen molar-refractivity contribution in [2.45, 2.75) is 19.8 Å². The van der Waals surface area contributed by atoms with Crippen molar-refractivity contribution < 1.29 is 14.3 Å². The Morgan fingerprint density at radius 2 is 1.96 bits per heavy atom. The maximum absolute atomic E-state index is 12.4. The number of nitrogens with zero attached hydrogens (tertiary/aromatic N) is 1. The maximum Gasteiger partial charge on any atom is 0.256 e. The van der Waals surface area contributed by atoms with E-state index in [2.05, 4.69) is 10.3 Å². The summed E-state index contributed by atoms with van der Waals surface area (Å²) in [6.45, 7) is 2.54. The number of rotatable bonds is 7. The Balaban J connectivity index is 2.23. The zero-order valence-electron chi connectivity index (χ0n) is 13.4. The molecule has 0 aliphatic rings. The highest BCUT2D eigenvalue weighted by Crippen LogP contribution is 2.19. The molecule has 5 N–H and O–H groups in total. The van der Waals surface area contributed by atoms with E-state index >= 15 is 0 Å². The average molecular weight is 328 g/mol. The Hall–Kier alpha value is -3.09. The molecule has 0 atom stereocenters. The molecular formula is C17H20N4O3. The Bertz CT molecular complexity index is 746. The third kappa shape index (κ3) is 4.70. The second-order valence-corrected chi connectivity index (χ2v) is 5.21. The number of nitrogen functional groups attached to an aromatic ring is 1. The lowest BCUT2D eigenvalue weighted by Gasteiger charge is -2.10. The van der Waals surface area contributed by atoms with Crippen molar-refractivity contribution >= 4 is 23.5 Å². The van der Waals surface area contributed by atoms with Crippen LogP contribution in [0.5, 0.6) is 5.75 Å². The third-order valence-electron chi connectivity index (χ3n) is 3.23. The number of benzene rings is 1. The van der Waals surface area contributed by atoms with Crippen molar-refractivity contribution in [2.24, 2.45) is 5.73 Å². The molecule has 0 bridgehead atoms. The Labute approximate surface area is 140 Å². The lowest BCUT2D eigenvalue weighted by atomic mass is 10.1. The van der Waals surface area contributed by atoms with Gasteiger partial charge in [-0.05, 0) is 36.8 Å². The minimum Gasteiger partial charge on any atom is -0.494 e. The molecule has 2 rings (SSSR count). The molecule has 7 heteroatoms. The van der Waals surface area contributed by atoms with Crippen LogP contribution in [0.1, 0.15) is 40.5 Å². The first-order chi connectivity index (χ1) is 11.5. The fourth-order valence-electron chi connectivity index (χ4n) is 2.00. The normalized spacial score (nSPS) is 10.2. The van der Waals surface area contributed by atoms with Gasteiger partial charge in [0.2, 0.25) is 5.91 Å². The van der Waals surface area contributed by atoms with Gasteiger partial charge in [0.15, 0.2) is 0 Å². The molecule has 0 fully saturated rings. The molecule has 24 heavy (non-hydrogen) atoms. The van der Waals surface area contributed by atoms with Crippen LogP contribution < -0.4 is 21.5 Å². The van der Waals surface area contributed by atoms with Gasteiger partial charge in [0.1, 0.15) is 17.4 Å². The second-order valence-electron chi connectivity index (χ2n) is 5.21. The van der Waals surface area contributed by atoms with E-state index in [1.165, 1.54) is 12.1 Å². The van der Waals surface area contributed by atoms with E-state index in [1.54, 1.807) is 24.3 Å². The third-order valence-corrected chi connectivity index (χ3v) is 3.23. The van der Waals surface area contributed by atoms with Gasteiger partial charge in [0, 0.05) is 11.1 Å². The summed E-state index contributed by atoms with van der Waals surface area (Å²) in [4.78, 5) is 27.9.